The van der Waals surface area contributed by atoms with Crippen LogP contribution in [0.5, 0.6) is 5.75 Å². The molecule has 1 aromatic rings. The number of benzene rings is 1. The third kappa shape index (κ3) is 5.60. The molecule has 0 amide bonds. The van der Waals surface area contributed by atoms with Gasteiger partial charge in [0.15, 0.2) is 0 Å². The van der Waals surface area contributed by atoms with E-state index in [1.165, 1.54) is 6.07 Å². The molecule has 0 heterocycles. The van der Waals surface area contributed by atoms with Crippen molar-refractivity contribution in [2.75, 3.05) is 20.2 Å². The predicted molar refractivity (Wildman–Crippen MR) is 78.2 cm³/mol. The van der Waals surface area contributed by atoms with Gasteiger partial charge in [0.1, 0.15) is 11.6 Å². The third-order valence-corrected chi connectivity index (χ3v) is 3.56. The standard InChI is InChI=1S/C16H26FNO/c1-5-18-11-10-16(2,3)9-8-13-6-7-14(19-4)12-15(13)17/h6-7,12,18H,5,8-11H2,1-4H3. The van der Waals surface area contributed by atoms with Gasteiger partial charge in [-0.15, -0.1) is 0 Å². The fraction of sp³-hybridized carbons (Fsp3) is 0.625. The minimum Gasteiger partial charge on any atom is -0.497 e. The smallest absolute Gasteiger partial charge is 0.130 e. The Labute approximate surface area is 116 Å². The number of halogens is 1. The Balaban J connectivity index is 2.51. The molecule has 1 rings (SSSR count). The summed E-state index contributed by atoms with van der Waals surface area (Å²) in [5, 5.41) is 3.34. The highest BCUT2D eigenvalue weighted by molar-refractivity contribution is 5.29. The van der Waals surface area contributed by atoms with Crippen LogP contribution in [0, 0.1) is 11.2 Å². The van der Waals surface area contributed by atoms with Gasteiger partial charge in [-0.25, -0.2) is 4.39 Å². The summed E-state index contributed by atoms with van der Waals surface area (Å²) in [6.45, 7) is 8.62. The lowest BCUT2D eigenvalue weighted by molar-refractivity contribution is 0.302. The Bertz CT molecular complexity index is 390. The van der Waals surface area contributed by atoms with Gasteiger partial charge in [-0.1, -0.05) is 26.8 Å². The number of hydrogen-bond donors (Lipinski definition) is 1. The van der Waals surface area contributed by atoms with E-state index in [-0.39, 0.29) is 11.2 Å². The summed E-state index contributed by atoms with van der Waals surface area (Å²) in [6, 6.07) is 5.11. The molecule has 0 spiro atoms. The second-order valence-corrected chi connectivity index (χ2v) is 5.73. The number of rotatable bonds is 8. The summed E-state index contributed by atoms with van der Waals surface area (Å²) >= 11 is 0. The molecule has 19 heavy (non-hydrogen) atoms. The summed E-state index contributed by atoms with van der Waals surface area (Å²) in [4.78, 5) is 0. The topological polar surface area (TPSA) is 21.3 Å². The van der Waals surface area contributed by atoms with Gasteiger partial charge in [0.2, 0.25) is 0 Å². The summed E-state index contributed by atoms with van der Waals surface area (Å²) in [6.07, 6.45) is 2.87. The molecule has 0 aliphatic carbocycles. The summed E-state index contributed by atoms with van der Waals surface area (Å²) in [5.41, 5.74) is 1.01. The molecule has 0 saturated heterocycles. The lowest BCUT2D eigenvalue weighted by atomic mass is 9.83. The zero-order chi connectivity index (χ0) is 14.3. The molecule has 0 saturated carbocycles. The van der Waals surface area contributed by atoms with E-state index in [2.05, 4.69) is 26.1 Å². The van der Waals surface area contributed by atoms with E-state index >= 15 is 0 Å². The maximum absolute atomic E-state index is 13.8. The van der Waals surface area contributed by atoms with Gasteiger partial charge in [-0.05, 0) is 49.4 Å². The molecule has 108 valence electrons. The zero-order valence-electron chi connectivity index (χ0n) is 12.6. The van der Waals surface area contributed by atoms with E-state index in [9.17, 15) is 4.39 Å². The van der Waals surface area contributed by atoms with Crippen molar-refractivity contribution < 1.29 is 9.13 Å². The molecule has 0 fully saturated rings. The van der Waals surface area contributed by atoms with Crippen LogP contribution < -0.4 is 10.1 Å². The molecule has 2 nitrogen and oxygen atoms in total. The molecule has 3 heteroatoms. The maximum atomic E-state index is 13.8. The molecule has 0 atom stereocenters. The van der Waals surface area contributed by atoms with Crippen LogP contribution >= 0.6 is 0 Å². The van der Waals surface area contributed by atoms with Crippen LogP contribution in [0.1, 0.15) is 39.2 Å². The first-order valence-electron chi connectivity index (χ1n) is 7.01. The van der Waals surface area contributed by atoms with E-state index in [0.29, 0.717) is 5.75 Å². The summed E-state index contributed by atoms with van der Waals surface area (Å²) in [7, 11) is 1.55. The number of ether oxygens (including phenoxy) is 1. The number of hydrogen-bond acceptors (Lipinski definition) is 2. The number of methoxy groups -OCH3 is 1. The Hall–Kier alpha value is -1.09. The average molecular weight is 267 g/mol. The van der Waals surface area contributed by atoms with Gasteiger partial charge >= 0.3 is 0 Å². The Morgan fingerprint density at radius 2 is 2.00 bits per heavy atom. The maximum Gasteiger partial charge on any atom is 0.130 e. The van der Waals surface area contributed by atoms with Crippen molar-refractivity contribution in [1.29, 1.82) is 0 Å². The van der Waals surface area contributed by atoms with Crippen molar-refractivity contribution in [3.63, 3.8) is 0 Å². The Morgan fingerprint density at radius 1 is 1.26 bits per heavy atom. The lowest BCUT2D eigenvalue weighted by Gasteiger charge is -2.24. The molecule has 0 aliphatic rings. The van der Waals surface area contributed by atoms with E-state index < -0.39 is 0 Å². The average Bonchev–Trinajstić information content (AvgIpc) is 2.37. The highest BCUT2D eigenvalue weighted by Crippen LogP contribution is 2.28. The predicted octanol–water partition coefficient (Wildman–Crippen LogP) is 3.79. The molecule has 1 N–H and O–H groups in total. The third-order valence-electron chi connectivity index (χ3n) is 3.56. The second-order valence-electron chi connectivity index (χ2n) is 5.73. The molecule has 1 aromatic carbocycles. The van der Waals surface area contributed by atoms with Gasteiger partial charge in [0, 0.05) is 6.07 Å². The van der Waals surface area contributed by atoms with Crippen LogP contribution in [0.25, 0.3) is 0 Å². The van der Waals surface area contributed by atoms with Crippen molar-refractivity contribution in [2.24, 2.45) is 5.41 Å². The minimum atomic E-state index is -0.165. The molecule has 0 aromatic heterocycles. The molecular formula is C16H26FNO. The molecule has 0 unspecified atom stereocenters. The van der Waals surface area contributed by atoms with E-state index in [0.717, 1.165) is 37.9 Å². The van der Waals surface area contributed by atoms with E-state index in [1.807, 2.05) is 12.1 Å². The highest BCUT2D eigenvalue weighted by Gasteiger charge is 2.18. The Morgan fingerprint density at radius 3 is 2.58 bits per heavy atom. The van der Waals surface area contributed by atoms with Crippen molar-refractivity contribution in [2.45, 2.75) is 40.0 Å². The van der Waals surface area contributed by atoms with E-state index in [1.54, 1.807) is 7.11 Å². The Kier molecular flexibility index (Phi) is 6.29. The second kappa shape index (κ2) is 7.49. The van der Waals surface area contributed by atoms with Crippen molar-refractivity contribution >= 4 is 0 Å². The van der Waals surface area contributed by atoms with Gasteiger partial charge in [-0.3, -0.25) is 0 Å². The van der Waals surface area contributed by atoms with Crippen LogP contribution in [0.15, 0.2) is 18.2 Å². The lowest BCUT2D eigenvalue weighted by Crippen LogP contribution is -2.22. The largest absolute Gasteiger partial charge is 0.497 e. The minimum absolute atomic E-state index is 0.165. The van der Waals surface area contributed by atoms with Gasteiger partial charge in [-0.2, -0.15) is 0 Å². The van der Waals surface area contributed by atoms with E-state index in [4.69, 9.17) is 4.74 Å². The molecular weight excluding hydrogens is 241 g/mol. The van der Waals surface area contributed by atoms with Crippen LogP contribution in [0.4, 0.5) is 4.39 Å². The van der Waals surface area contributed by atoms with Crippen molar-refractivity contribution in [3.8, 4) is 5.75 Å². The van der Waals surface area contributed by atoms with Crippen LogP contribution in [0.3, 0.4) is 0 Å². The number of nitrogens with one attached hydrogen (secondary N) is 1. The molecule has 0 aliphatic heterocycles. The molecule has 0 radical (unpaired) electrons. The highest BCUT2D eigenvalue weighted by atomic mass is 19.1. The van der Waals surface area contributed by atoms with Crippen molar-refractivity contribution in [3.05, 3.63) is 29.6 Å². The quantitative estimate of drug-likeness (QED) is 0.723. The van der Waals surface area contributed by atoms with Crippen LogP contribution in [0.2, 0.25) is 0 Å². The first-order valence-corrected chi connectivity index (χ1v) is 7.01. The SMILES string of the molecule is CCNCCC(C)(C)CCc1ccc(OC)cc1F. The zero-order valence-corrected chi connectivity index (χ0v) is 12.6. The van der Waals surface area contributed by atoms with Gasteiger partial charge in [0.25, 0.3) is 0 Å². The van der Waals surface area contributed by atoms with Gasteiger partial charge < -0.3 is 10.1 Å². The number of aryl methyl sites for hydroxylation is 1. The van der Waals surface area contributed by atoms with Crippen LogP contribution in [-0.2, 0) is 6.42 Å². The van der Waals surface area contributed by atoms with Crippen molar-refractivity contribution in [1.82, 2.24) is 5.32 Å². The fourth-order valence-electron chi connectivity index (χ4n) is 2.06. The first kappa shape index (κ1) is 16.0. The molecule has 0 bridgehead atoms. The van der Waals surface area contributed by atoms with Crippen LogP contribution in [-0.4, -0.2) is 20.2 Å². The first-order chi connectivity index (χ1) is 8.98. The fourth-order valence-corrected chi connectivity index (χ4v) is 2.06. The van der Waals surface area contributed by atoms with Gasteiger partial charge in [0.05, 0.1) is 7.11 Å². The summed E-state index contributed by atoms with van der Waals surface area (Å²) in [5.74, 6) is 0.412. The normalized spacial score (nSPS) is 11.6. The monoisotopic (exact) mass is 267 g/mol. The summed E-state index contributed by atoms with van der Waals surface area (Å²) < 4.78 is 18.8.